The van der Waals surface area contributed by atoms with Gasteiger partial charge in [-0.1, -0.05) is 23.7 Å². The normalized spacial score (nSPS) is 17.9. The first-order valence-corrected chi connectivity index (χ1v) is 6.00. The lowest BCUT2D eigenvalue weighted by Gasteiger charge is -2.14. The first-order valence-electron chi connectivity index (χ1n) is 5.62. The molecule has 84 valence electrons. The van der Waals surface area contributed by atoms with E-state index in [1.165, 1.54) is 29.3 Å². The second-order valence-electron chi connectivity index (χ2n) is 4.77. The number of halogens is 1. The van der Waals surface area contributed by atoms with Crippen molar-refractivity contribution in [1.82, 2.24) is 4.57 Å². The average molecular weight is 235 g/mol. The molecule has 1 aliphatic rings. The Bertz CT molecular complexity index is 552. The highest BCUT2D eigenvalue weighted by Gasteiger charge is 2.44. The average Bonchev–Trinajstić information content (AvgIpc) is 3.03. The van der Waals surface area contributed by atoms with Gasteiger partial charge in [-0.15, -0.1) is 0 Å². The summed E-state index contributed by atoms with van der Waals surface area (Å²) in [5.41, 5.74) is 8.63. The Balaban J connectivity index is 2.33. The predicted octanol–water partition coefficient (Wildman–Crippen LogP) is 2.82. The van der Waals surface area contributed by atoms with Crippen LogP contribution in [0.4, 0.5) is 0 Å². The quantitative estimate of drug-likeness (QED) is 0.851. The molecule has 1 aliphatic carbocycles. The van der Waals surface area contributed by atoms with Gasteiger partial charge in [0, 0.05) is 36.1 Å². The molecule has 16 heavy (non-hydrogen) atoms. The number of aryl methyl sites for hydroxylation is 1. The van der Waals surface area contributed by atoms with Crippen LogP contribution in [0.15, 0.2) is 24.4 Å². The van der Waals surface area contributed by atoms with Crippen LogP contribution >= 0.6 is 11.6 Å². The summed E-state index contributed by atoms with van der Waals surface area (Å²) in [6.07, 6.45) is 4.35. The maximum atomic E-state index is 6.31. The van der Waals surface area contributed by atoms with E-state index in [1.54, 1.807) is 0 Å². The van der Waals surface area contributed by atoms with E-state index in [9.17, 15) is 0 Å². The van der Waals surface area contributed by atoms with Crippen LogP contribution in [0.2, 0.25) is 5.02 Å². The van der Waals surface area contributed by atoms with Crippen LogP contribution < -0.4 is 5.73 Å². The molecule has 1 heterocycles. The van der Waals surface area contributed by atoms with Crippen molar-refractivity contribution in [2.45, 2.75) is 18.3 Å². The SMILES string of the molecule is Cn1cc(Cl)c2c(C3(CN)CC3)cccc21. The molecule has 0 saturated heterocycles. The minimum atomic E-state index is 0.199. The number of hydrogen-bond acceptors (Lipinski definition) is 1. The zero-order chi connectivity index (χ0) is 11.3. The summed E-state index contributed by atoms with van der Waals surface area (Å²) in [4.78, 5) is 0. The van der Waals surface area contributed by atoms with Crippen LogP contribution in [0, 0.1) is 0 Å². The first-order chi connectivity index (χ1) is 7.68. The zero-order valence-corrected chi connectivity index (χ0v) is 10.1. The maximum Gasteiger partial charge on any atom is 0.0664 e. The minimum absolute atomic E-state index is 0.199. The van der Waals surface area contributed by atoms with Crippen molar-refractivity contribution in [2.75, 3.05) is 6.54 Å². The number of benzene rings is 1. The number of aromatic nitrogens is 1. The molecule has 0 amide bonds. The molecular weight excluding hydrogens is 220 g/mol. The summed E-state index contributed by atoms with van der Waals surface area (Å²) in [7, 11) is 2.03. The molecule has 0 bridgehead atoms. The molecule has 1 aromatic heterocycles. The van der Waals surface area contributed by atoms with Gasteiger partial charge in [0.25, 0.3) is 0 Å². The van der Waals surface area contributed by atoms with Crippen molar-refractivity contribution >= 4 is 22.5 Å². The molecule has 2 N–H and O–H groups in total. The second-order valence-corrected chi connectivity index (χ2v) is 5.18. The Hall–Kier alpha value is -0.990. The topological polar surface area (TPSA) is 30.9 Å². The van der Waals surface area contributed by atoms with Crippen molar-refractivity contribution < 1.29 is 0 Å². The largest absolute Gasteiger partial charge is 0.349 e. The van der Waals surface area contributed by atoms with Crippen LogP contribution in [0.25, 0.3) is 10.9 Å². The van der Waals surface area contributed by atoms with Crippen molar-refractivity contribution in [3.8, 4) is 0 Å². The molecule has 0 atom stereocenters. The fraction of sp³-hybridized carbons (Fsp3) is 0.385. The summed E-state index contributed by atoms with van der Waals surface area (Å²) >= 11 is 6.31. The minimum Gasteiger partial charge on any atom is -0.349 e. The molecule has 3 rings (SSSR count). The van der Waals surface area contributed by atoms with E-state index in [4.69, 9.17) is 17.3 Å². The van der Waals surface area contributed by atoms with Crippen LogP contribution in [0.3, 0.4) is 0 Å². The third kappa shape index (κ3) is 1.23. The van der Waals surface area contributed by atoms with Crippen molar-refractivity contribution in [3.63, 3.8) is 0 Å². The lowest BCUT2D eigenvalue weighted by molar-refractivity contribution is 0.711. The van der Waals surface area contributed by atoms with Gasteiger partial charge in [0.05, 0.1) is 5.02 Å². The molecule has 3 heteroatoms. The first kappa shape index (κ1) is 10.2. The highest BCUT2D eigenvalue weighted by atomic mass is 35.5. The third-order valence-electron chi connectivity index (χ3n) is 3.78. The van der Waals surface area contributed by atoms with Crippen molar-refractivity contribution in [2.24, 2.45) is 12.8 Å². The number of fused-ring (bicyclic) bond motifs is 1. The van der Waals surface area contributed by atoms with E-state index < -0.39 is 0 Å². The standard InChI is InChI=1S/C13H15ClN2/c1-16-7-10(14)12-9(3-2-4-11(12)16)13(8-15)5-6-13/h2-4,7H,5-6,8,15H2,1H3. The fourth-order valence-corrected chi connectivity index (χ4v) is 2.91. The van der Waals surface area contributed by atoms with Gasteiger partial charge in [0.2, 0.25) is 0 Å². The fourth-order valence-electron chi connectivity index (χ4n) is 2.57. The molecule has 0 aliphatic heterocycles. The predicted molar refractivity (Wildman–Crippen MR) is 67.9 cm³/mol. The zero-order valence-electron chi connectivity index (χ0n) is 9.33. The van der Waals surface area contributed by atoms with Gasteiger partial charge in [-0.2, -0.15) is 0 Å². The van der Waals surface area contributed by atoms with E-state index in [2.05, 4.69) is 22.8 Å². The van der Waals surface area contributed by atoms with Crippen molar-refractivity contribution in [1.29, 1.82) is 0 Å². The molecule has 1 saturated carbocycles. The van der Waals surface area contributed by atoms with Crippen LogP contribution in [0.1, 0.15) is 18.4 Å². The van der Waals surface area contributed by atoms with Crippen LogP contribution in [-0.2, 0) is 12.5 Å². The number of nitrogens with two attached hydrogens (primary N) is 1. The molecular formula is C13H15ClN2. The Kier molecular flexibility index (Phi) is 2.07. The van der Waals surface area contributed by atoms with Crippen LogP contribution in [-0.4, -0.2) is 11.1 Å². The monoisotopic (exact) mass is 234 g/mol. The van der Waals surface area contributed by atoms with E-state index in [0.717, 1.165) is 11.6 Å². The van der Waals surface area contributed by atoms with E-state index in [-0.39, 0.29) is 5.41 Å². The Morgan fingerprint density at radius 2 is 2.19 bits per heavy atom. The summed E-state index contributed by atoms with van der Waals surface area (Å²) in [5, 5.41) is 2.03. The van der Waals surface area contributed by atoms with Gasteiger partial charge in [-0.25, -0.2) is 0 Å². The molecule has 0 unspecified atom stereocenters. The number of hydrogen-bond donors (Lipinski definition) is 1. The molecule has 1 fully saturated rings. The Morgan fingerprint density at radius 1 is 1.44 bits per heavy atom. The van der Waals surface area contributed by atoms with E-state index in [0.29, 0.717) is 0 Å². The lowest BCUT2D eigenvalue weighted by Crippen LogP contribution is -2.19. The molecule has 2 nitrogen and oxygen atoms in total. The van der Waals surface area contributed by atoms with Gasteiger partial charge in [-0.3, -0.25) is 0 Å². The lowest BCUT2D eigenvalue weighted by atomic mass is 9.93. The summed E-state index contributed by atoms with van der Waals surface area (Å²) in [6, 6.07) is 6.38. The van der Waals surface area contributed by atoms with Gasteiger partial charge in [0.15, 0.2) is 0 Å². The Morgan fingerprint density at radius 3 is 2.81 bits per heavy atom. The summed E-state index contributed by atoms with van der Waals surface area (Å²) in [5.74, 6) is 0. The Labute approximate surface area is 100.0 Å². The van der Waals surface area contributed by atoms with Gasteiger partial charge in [-0.05, 0) is 24.5 Å². The third-order valence-corrected chi connectivity index (χ3v) is 4.07. The highest BCUT2D eigenvalue weighted by Crippen LogP contribution is 2.50. The summed E-state index contributed by atoms with van der Waals surface area (Å²) in [6.45, 7) is 0.720. The smallest absolute Gasteiger partial charge is 0.0664 e. The van der Waals surface area contributed by atoms with Gasteiger partial charge < -0.3 is 10.3 Å². The van der Waals surface area contributed by atoms with Crippen molar-refractivity contribution in [3.05, 3.63) is 35.0 Å². The van der Waals surface area contributed by atoms with E-state index in [1.807, 2.05) is 13.2 Å². The number of nitrogens with zero attached hydrogens (tertiary/aromatic N) is 1. The summed E-state index contributed by atoms with van der Waals surface area (Å²) < 4.78 is 2.08. The number of rotatable bonds is 2. The highest BCUT2D eigenvalue weighted by molar-refractivity contribution is 6.36. The molecule has 1 aromatic carbocycles. The van der Waals surface area contributed by atoms with Gasteiger partial charge >= 0.3 is 0 Å². The second kappa shape index (κ2) is 3.25. The molecule has 0 radical (unpaired) electrons. The van der Waals surface area contributed by atoms with Gasteiger partial charge in [0.1, 0.15) is 0 Å². The van der Waals surface area contributed by atoms with E-state index >= 15 is 0 Å². The molecule has 2 aromatic rings. The molecule has 0 spiro atoms. The maximum absolute atomic E-state index is 6.31. The van der Waals surface area contributed by atoms with Crippen LogP contribution in [0.5, 0.6) is 0 Å².